The van der Waals surface area contributed by atoms with Crippen LogP contribution in [-0.2, 0) is 11.3 Å². The van der Waals surface area contributed by atoms with Crippen LogP contribution in [-0.4, -0.2) is 28.3 Å². The van der Waals surface area contributed by atoms with Crippen molar-refractivity contribution in [3.8, 4) is 0 Å². The van der Waals surface area contributed by atoms with Crippen LogP contribution in [0.25, 0.3) is 0 Å². The van der Waals surface area contributed by atoms with Gasteiger partial charge in [-0.2, -0.15) is 5.10 Å². The molecular weight excluding hydrogens is 288 g/mol. The van der Waals surface area contributed by atoms with Gasteiger partial charge in [-0.15, -0.1) is 0 Å². The topological polar surface area (TPSA) is 59.0 Å². The van der Waals surface area contributed by atoms with E-state index in [4.69, 9.17) is 0 Å². The van der Waals surface area contributed by atoms with Crippen molar-refractivity contribution in [3.63, 3.8) is 0 Å². The average Bonchev–Trinajstić information content (AvgIpc) is 2.87. The molecular formula is C18H24N4O. The predicted octanol–water partition coefficient (Wildman–Crippen LogP) is 2.57. The number of anilines is 1. The highest BCUT2D eigenvalue weighted by Crippen LogP contribution is 2.20. The molecule has 1 aromatic heterocycles. The van der Waals surface area contributed by atoms with E-state index in [9.17, 15) is 4.79 Å². The second kappa shape index (κ2) is 6.96. The van der Waals surface area contributed by atoms with Crippen molar-refractivity contribution in [1.29, 1.82) is 0 Å². The minimum absolute atomic E-state index is 0.0756. The van der Waals surface area contributed by atoms with Crippen LogP contribution in [0.4, 0.5) is 5.82 Å². The summed E-state index contributed by atoms with van der Waals surface area (Å²) < 4.78 is 1.87. The molecule has 1 aliphatic heterocycles. The van der Waals surface area contributed by atoms with Gasteiger partial charge in [-0.1, -0.05) is 30.3 Å². The van der Waals surface area contributed by atoms with E-state index in [2.05, 4.69) is 34.8 Å². The first kappa shape index (κ1) is 15.7. The molecule has 2 N–H and O–H groups in total. The molecule has 122 valence electrons. The minimum atomic E-state index is 0.0756. The van der Waals surface area contributed by atoms with E-state index in [0.717, 1.165) is 30.9 Å². The number of benzene rings is 1. The Hall–Kier alpha value is -2.14. The molecule has 3 rings (SSSR count). The van der Waals surface area contributed by atoms with Gasteiger partial charge in [-0.05, 0) is 38.8 Å². The van der Waals surface area contributed by atoms with Gasteiger partial charge in [0.05, 0.1) is 12.2 Å². The van der Waals surface area contributed by atoms with Gasteiger partial charge in [0, 0.05) is 18.0 Å². The zero-order valence-corrected chi connectivity index (χ0v) is 13.7. The molecule has 1 fully saturated rings. The van der Waals surface area contributed by atoms with E-state index in [-0.39, 0.29) is 11.8 Å². The zero-order valence-electron chi connectivity index (χ0n) is 13.7. The summed E-state index contributed by atoms with van der Waals surface area (Å²) in [5, 5.41) is 11.0. The molecule has 2 atom stereocenters. The molecule has 1 amide bonds. The van der Waals surface area contributed by atoms with Crippen LogP contribution in [0.5, 0.6) is 0 Å². The lowest BCUT2D eigenvalue weighted by molar-refractivity contribution is -0.120. The number of amides is 1. The van der Waals surface area contributed by atoms with Gasteiger partial charge in [-0.25, -0.2) is 4.68 Å². The predicted molar refractivity (Wildman–Crippen MR) is 91.3 cm³/mol. The Morgan fingerprint density at radius 2 is 2.17 bits per heavy atom. The monoisotopic (exact) mass is 312 g/mol. The molecule has 1 aromatic carbocycles. The summed E-state index contributed by atoms with van der Waals surface area (Å²) >= 11 is 0. The Balaban J connectivity index is 1.71. The Bertz CT molecular complexity index is 665. The number of rotatable bonds is 4. The number of hydrogen-bond acceptors (Lipinski definition) is 3. The van der Waals surface area contributed by atoms with Crippen LogP contribution >= 0.6 is 0 Å². The maximum absolute atomic E-state index is 12.5. The smallest absolute Gasteiger partial charge is 0.228 e. The second-order valence-corrected chi connectivity index (χ2v) is 6.38. The van der Waals surface area contributed by atoms with Crippen molar-refractivity contribution in [1.82, 2.24) is 15.1 Å². The Morgan fingerprint density at radius 3 is 2.91 bits per heavy atom. The number of carbonyl (C=O) groups is 1. The van der Waals surface area contributed by atoms with E-state index in [0.29, 0.717) is 12.6 Å². The second-order valence-electron chi connectivity index (χ2n) is 6.38. The number of hydrogen-bond donors (Lipinski definition) is 2. The summed E-state index contributed by atoms with van der Waals surface area (Å²) in [6, 6.07) is 12.5. The van der Waals surface area contributed by atoms with Gasteiger partial charge in [-0.3, -0.25) is 4.79 Å². The molecule has 0 aliphatic carbocycles. The fraction of sp³-hybridized carbons (Fsp3) is 0.444. The van der Waals surface area contributed by atoms with E-state index >= 15 is 0 Å². The number of carbonyl (C=O) groups excluding carboxylic acids is 1. The third-order valence-electron chi connectivity index (χ3n) is 4.32. The number of aryl methyl sites for hydroxylation is 1. The van der Waals surface area contributed by atoms with Crippen LogP contribution in [0.3, 0.4) is 0 Å². The molecule has 1 saturated heterocycles. The molecule has 0 bridgehead atoms. The molecule has 1 aliphatic rings. The zero-order chi connectivity index (χ0) is 16.2. The van der Waals surface area contributed by atoms with Crippen molar-refractivity contribution in [2.24, 2.45) is 5.92 Å². The Labute approximate surface area is 137 Å². The Kier molecular flexibility index (Phi) is 4.76. The number of nitrogens with one attached hydrogen (secondary N) is 2. The van der Waals surface area contributed by atoms with Gasteiger partial charge >= 0.3 is 0 Å². The molecule has 0 unspecified atom stereocenters. The highest BCUT2D eigenvalue weighted by Gasteiger charge is 2.25. The van der Waals surface area contributed by atoms with Crippen LogP contribution in [0.15, 0.2) is 36.4 Å². The van der Waals surface area contributed by atoms with E-state index < -0.39 is 0 Å². The maximum Gasteiger partial charge on any atom is 0.228 e. The van der Waals surface area contributed by atoms with Crippen molar-refractivity contribution < 1.29 is 4.79 Å². The first-order valence-electron chi connectivity index (χ1n) is 8.24. The first-order chi connectivity index (χ1) is 11.1. The van der Waals surface area contributed by atoms with Crippen molar-refractivity contribution in [2.45, 2.75) is 39.3 Å². The summed E-state index contributed by atoms with van der Waals surface area (Å²) in [6.07, 6.45) is 1.78. The quantitative estimate of drug-likeness (QED) is 0.912. The minimum Gasteiger partial charge on any atom is -0.314 e. The highest BCUT2D eigenvalue weighted by atomic mass is 16.2. The van der Waals surface area contributed by atoms with Gasteiger partial charge in [0.1, 0.15) is 5.82 Å². The van der Waals surface area contributed by atoms with Gasteiger partial charge in [0.25, 0.3) is 0 Å². The summed E-state index contributed by atoms with van der Waals surface area (Å²) in [5.41, 5.74) is 2.08. The molecule has 0 spiro atoms. The summed E-state index contributed by atoms with van der Waals surface area (Å²) in [7, 11) is 0. The fourth-order valence-corrected chi connectivity index (χ4v) is 3.12. The van der Waals surface area contributed by atoms with Crippen LogP contribution in [0.2, 0.25) is 0 Å². The largest absolute Gasteiger partial charge is 0.314 e. The molecule has 0 saturated carbocycles. The molecule has 0 radical (unpaired) electrons. The normalized spacial score (nSPS) is 21.1. The third-order valence-corrected chi connectivity index (χ3v) is 4.32. The number of piperidine rings is 1. The number of nitrogens with zero attached hydrogens (tertiary/aromatic N) is 2. The van der Waals surface area contributed by atoms with E-state index in [1.54, 1.807) is 0 Å². The van der Waals surface area contributed by atoms with Gasteiger partial charge in [0.15, 0.2) is 0 Å². The van der Waals surface area contributed by atoms with Crippen LogP contribution in [0, 0.1) is 12.8 Å². The van der Waals surface area contributed by atoms with Gasteiger partial charge in [0.2, 0.25) is 5.91 Å². The molecule has 2 aromatic rings. The van der Waals surface area contributed by atoms with Crippen molar-refractivity contribution in [3.05, 3.63) is 47.7 Å². The van der Waals surface area contributed by atoms with E-state index in [1.165, 1.54) is 5.56 Å². The maximum atomic E-state index is 12.5. The van der Waals surface area contributed by atoms with Crippen molar-refractivity contribution >= 4 is 11.7 Å². The molecule has 23 heavy (non-hydrogen) atoms. The highest BCUT2D eigenvalue weighted by molar-refractivity contribution is 5.92. The van der Waals surface area contributed by atoms with Gasteiger partial charge < -0.3 is 10.6 Å². The SMILES string of the molecule is Cc1cc(NC(=O)[C@H]2CCN[C@@H](C)C2)n(Cc2ccccc2)n1. The molecule has 2 heterocycles. The molecule has 5 heteroatoms. The van der Waals surface area contributed by atoms with Crippen molar-refractivity contribution in [2.75, 3.05) is 11.9 Å². The summed E-state index contributed by atoms with van der Waals surface area (Å²) in [4.78, 5) is 12.5. The summed E-state index contributed by atoms with van der Waals surface area (Å²) in [5.74, 6) is 0.960. The first-order valence-corrected chi connectivity index (χ1v) is 8.24. The van der Waals surface area contributed by atoms with E-state index in [1.807, 2.05) is 35.9 Å². The standard InChI is InChI=1S/C18H24N4O/c1-13-10-16(8-9-19-13)18(23)20-17-11-14(2)21-22(17)12-15-6-4-3-5-7-15/h3-7,11,13,16,19H,8-10,12H2,1-2H3,(H,20,23)/t13-,16-/m0/s1. The van der Waals surface area contributed by atoms with Crippen LogP contribution in [0.1, 0.15) is 31.0 Å². The lowest BCUT2D eigenvalue weighted by Gasteiger charge is -2.27. The average molecular weight is 312 g/mol. The fourth-order valence-electron chi connectivity index (χ4n) is 3.12. The molecule has 5 nitrogen and oxygen atoms in total. The summed E-state index contributed by atoms with van der Waals surface area (Å²) in [6.45, 7) is 5.64. The lowest BCUT2D eigenvalue weighted by Crippen LogP contribution is -2.40. The Morgan fingerprint density at radius 1 is 1.39 bits per heavy atom. The lowest BCUT2D eigenvalue weighted by atomic mass is 9.92. The van der Waals surface area contributed by atoms with Crippen LogP contribution < -0.4 is 10.6 Å². The third kappa shape index (κ3) is 3.99. The number of aromatic nitrogens is 2.